The fourth-order valence-corrected chi connectivity index (χ4v) is 2.95. The standard InChI is InChI=1S/C18H30O4S/c1-2-3-4-5-6-7-8-10-17-11-13-18(14-12-17)22-15-9-16-23(19,20)21/h11-14H,2-10,15-16H2,1H3,(H,19,20,21). The highest BCUT2D eigenvalue weighted by molar-refractivity contribution is 7.85. The van der Waals surface area contributed by atoms with Gasteiger partial charge in [0, 0.05) is 0 Å². The summed E-state index contributed by atoms with van der Waals surface area (Å²) in [5.41, 5.74) is 1.31. The molecule has 0 unspecified atom stereocenters. The van der Waals surface area contributed by atoms with Crippen LogP contribution in [-0.4, -0.2) is 25.3 Å². The van der Waals surface area contributed by atoms with Crippen molar-refractivity contribution >= 4 is 10.1 Å². The third-order valence-electron chi connectivity index (χ3n) is 3.81. The highest BCUT2D eigenvalue weighted by Crippen LogP contribution is 2.15. The normalized spacial score (nSPS) is 11.6. The third-order valence-corrected chi connectivity index (χ3v) is 4.61. The molecule has 0 fully saturated rings. The van der Waals surface area contributed by atoms with E-state index in [0.717, 1.165) is 12.2 Å². The summed E-state index contributed by atoms with van der Waals surface area (Å²) in [6.45, 7) is 2.53. The number of hydrogen-bond donors (Lipinski definition) is 1. The predicted octanol–water partition coefficient (Wildman–Crippen LogP) is 4.64. The Hall–Kier alpha value is -1.07. The molecule has 23 heavy (non-hydrogen) atoms. The number of ether oxygens (including phenoxy) is 1. The molecule has 0 saturated carbocycles. The van der Waals surface area contributed by atoms with Crippen LogP contribution >= 0.6 is 0 Å². The van der Waals surface area contributed by atoms with Crippen molar-refractivity contribution in [3.8, 4) is 5.75 Å². The van der Waals surface area contributed by atoms with Crippen molar-refractivity contribution < 1.29 is 17.7 Å². The van der Waals surface area contributed by atoms with Gasteiger partial charge in [-0.15, -0.1) is 0 Å². The quantitative estimate of drug-likeness (QED) is 0.419. The van der Waals surface area contributed by atoms with Crippen molar-refractivity contribution in [2.24, 2.45) is 0 Å². The molecule has 0 saturated heterocycles. The summed E-state index contributed by atoms with van der Waals surface area (Å²) in [4.78, 5) is 0. The first-order chi connectivity index (χ1) is 11.0. The van der Waals surface area contributed by atoms with E-state index in [4.69, 9.17) is 9.29 Å². The minimum Gasteiger partial charge on any atom is -0.494 e. The molecule has 0 aliphatic heterocycles. The van der Waals surface area contributed by atoms with Crippen LogP contribution in [0.2, 0.25) is 0 Å². The van der Waals surface area contributed by atoms with Gasteiger partial charge in [0.05, 0.1) is 12.4 Å². The Bertz CT molecular complexity index is 508. The van der Waals surface area contributed by atoms with Crippen molar-refractivity contribution in [1.82, 2.24) is 0 Å². The maximum absolute atomic E-state index is 10.6. The zero-order chi connectivity index (χ0) is 17.0. The Labute approximate surface area is 141 Å². The number of aryl methyl sites for hydroxylation is 1. The Morgan fingerprint density at radius 1 is 0.913 bits per heavy atom. The third kappa shape index (κ3) is 11.2. The minimum atomic E-state index is -3.89. The molecule has 0 radical (unpaired) electrons. The van der Waals surface area contributed by atoms with Gasteiger partial charge in [-0.05, 0) is 37.0 Å². The summed E-state index contributed by atoms with van der Waals surface area (Å²) in [6.07, 6.45) is 10.6. The molecular weight excluding hydrogens is 312 g/mol. The van der Waals surface area contributed by atoms with Gasteiger partial charge in [0.1, 0.15) is 5.75 Å². The highest BCUT2D eigenvalue weighted by Gasteiger charge is 2.04. The van der Waals surface area contributed by atoms with Gasteiger partial charge in [-0.25, -0.2) is 0 Å². The van der Waals surface area contributed by atoms with Crippen LogP contribution in [0, 0.1) is 0 Å². The van der Waals surface area contributed by atoms with Gasteiger partial charge in [-0.3, -0.25) is 4.55 Å². The highest BCUT2D eigenvalue weighted by atomic mass is 32.2. The van der Waals surface area contributed by atoms with Gasteiger partial charge in [-0.1, -0.05) is 57.6 Å². The monoisotopic (exact) mass is 342 g/mol. The van der Waals surface area contributed by atoms with E-state index >= 15 is 0 Å². The van der Waals surface area contributed by atoms with Crippen LogP contribution in [0.5, 0.6) is 5.75 Å². The Morgan fingerprint density at radius 3 is 2.13 bits per heavy atom. The second-order valence-electron chi connectivity index (χ2n) is 6.00. The first kappa shape index (κ1) is 20.0. The number of hydrogen-bond acceptors (Lipinski definition) is 3. The van der Waals surface area contributed by atoms with E-state index in [1.807, 2.05) is 12.1 Å². The largest absolute Gasteiger partial charge is 0.494 e. The molecule has 0 amide bonds. The van der Waals surface area contributed by atoms with Crippen molar-refractivity contribution in [3.63, 3.8) is 0 Å². The van der Waals surface area contributed by atoms with E-state index in [0.29, 0.717) is 6.42 Å². The van der Waals surface area contributed by atoms with Gasteiger partial charge in [-0.2, -0.15) is 8.42 Å². The first-order valence-corrected chi connectivity index (χ1v) is 10.3. The van der Waals surface area contributed by atoms with E-state index in [-0.39, 0.29) is 12.4 Å². The lowest BCUT2D eigenvalue weighted by molar-refractivity contribution is 0.316. The molecule has 4 nitrogen and oxygen atoms in total. The molecule has 0 bridgehead atoms. The topological polar surface area (TPSA) is 63.6 Å². The lowest BCUT2D eigenvalue weighted by Crippen LogP contribution is -2.08. The molecule has 0 spiro atoms. The molecule has 132 valence electrons. The smallest absolute Gasteiger partial charge is 0.264 e. The van der Waals surface area contributed by atoms with Crippen LogP contribution in [0.1, 0.15) is 63.9 Å². The van der Waals surface area contributed by atoms with Crippen LogP contribution < -0.4 is 4.74 Å². The van der Waals surface area contributed by atoms with E-state index in [1.54, 1.807) is 0 Å². The van der Waals surface area contributed by atoms with Crippen molar-refractivity contribution in [2.45, 2.75) is 64.7 Å². The van der Waals surface area contributed by atoms with Gasteiger partial charge in [0.15, 0.2) is 0 Å². The molecule has 1 rings (SSSR count). The van der Waals surface area contributed by atoms with Crippen LogP contribution in [0.4, 0.5) is 0 Å². The lowest BCUT2D eigenvalue weighted by atomic mass is 10.0. The van der Waals surface area contributed by atoms with Crippen LogP contribution in [0.25, 0.3) is 0 Å². The van der Waals surface area contributed by atoms with Gasteiger partial charge in [0.2, 0.25) is 0 Å². The molecule has 0 aliphatic carbocycles. The summed E-state index contributed by atoms with van der Waals surface area (Å²) < 4.78 is 35.3. The molecule has 0 aromatic heterocycles. The maximum atomic E-state index is 10.6. The summed E-state index contributed by atoms with van der Waals surface area (Å²) in [5.74, 6) is 0.479. The Kier molecular flexibility index (Phi) is 9.96. The molecule has 5 heteroatoms. The molecule has 0 heterocycles. The zero-order valence-corrected chi connectivity index (χ0v) is 15.0. The Balaban J connectivity index is 2.13. The van der Waals surface area contributed by atoms with E-state index < -0.39 is 10.1 Å². The van der Waals surface area contributed by atoms with Gasteiger partial charge in [0.25, 0.3) is 10.1 Å². The summed E-state index contributed by atoms with van der Waals surface area (Å²) >= 11 is 0. The molecule has 1 aromatic rings. The summed E-state index contributed by atoms with van der Waals surface area (Å²) in [6, 6.07) is 7.97. The van der Waals surface area contributed by atoms with E-state index in [1.165, 1.54) is 50.5 Å². The number of unbranched alkanes of at least 4 members (excludes halogenated alkanes) is 6. The number of benzene rings is 1. The summed E-state index contributed by atoms with van der Waals surface area (Å²) in [5, 5.41) is 0. The second-order valence-corrected chi connectivity index (χ2v) is 7.58. The molecule has 1 aromatic carbocycles. The van der Waals surface area contributed by atoms with Crippen molar-refractivity contribution in [2.75, 3.05) is 12.4 Å². The maximum Gasteiger partial charge on any atom is 0.264 e. The van der Waals surface area contributed by atoms with Crippen LogP contribution in [-0.2, 0) is 16.5 Å². The van der Waals surface area contributed by atoms with Crippen LogP contribution in [0.15, 0.2) is 24.3 Å². The molecule has 0 atom stereocenters. The molecule has 0 aliphatic rings. The van der Waals surface area contributed by atoms with Gasteiger partial charge >= 0.3 is 0 Å². The predicted molar refractivity (Wildman–Crippen MR) is 94.7 cm³/mol. The second kappa shape index (κ2) is 11.5. The van der Waals surface area contributed by atoms with E-state index in [9.17, 15) is 8.42 Å². The number of rotatable bonds is 13. The summed E-state index contributed by atoms with van der Waals surface area (Å²) in [7, 11) is -3.89. The van der Waals surface area contributed by atoms with Crippen LogP contribution in [0.3, 0.4) is 0 Å². The van der Waals surface area contributed by atoms with Crippen molar-refractivity contribution in [3.05, 3.63) is 29.8 Å². The average Bonchev–Trinajstić information content (AvgIpc) is 2.51. The molecular formula is C18H30O4S. The lowest BCUT2D eigenvalue weighted by Gasteiger charge is -2.07. The van der Waals surface area contributed by atoms with Gasteiger partial charge < -0.3 is 4.74 Å². The molecule has 1 N–H and O–H groups in total. The fraction of sp³-hybridized carbons (Fsp3) is 0.667. The first-order valence-electron chi connectivity index (χ1n) is 8.68. The van der Waals surface area contributed by atoms with Crippen molar-refractivity contribution in [1.29, 1.82) is 0 Å². The van der Waals surface area contributed by atoms with E-state index in [2.05, 4.69) is 19.1 Å². The average molecular weight is 343 g/mol. The SMILES string of the molecule is CCCCCCCCCc1ccc(OCCCS(=O)(=O)O)cc1. The fourth-order valence-electron chi connectivity index (χ4n) is 2.47. The Morgan fingerprint density at radius 2 is 1.52 bits per heavy atom. The zero-order valence-electron chi connectivity index (χ0n) is 14.2. The minimum absolute atomic E-state index is 0.261.